The average molecular weight is 443 g/mol. The predicted molar refractivity (Wildman–Crippen MR) is 122 cm³/mol. The van der Waals surface area contributed by atoms with Gasteiger partial charge in [0.05, 0.1) is 27.9 Å². The lowest BCUT2D eigenvalue weighted by molar-refractivity contribution is -0.158. The van der Waals surface area contributed by atoms with Crippen LogP contribution in [0.4, 0.5) is 0 Å². The van der Waals surface area contributed by atoms with Crippen LogP contribution in [-0.2, 0) is 18.8 Å². The van der Waals surface area contributed by atoms with Gasteiger partial charge in [-0.3, -0.25) is 4.79 Å². The minimum atomic E-state index is -0.742. The van der Waals surface area contributed by atoms with Crippen LogP contribution in [-0.4, -0.2) is 41.9 Å². The molecule has 4 rings (SSSR count). The molecule has 166 valence electrons. The molecule has 1 aliphatic heterocycles. The summed E-state index contributed by atoms with van der Waals surface area (Å²) in [7, 11) is -0.381. The number of ether oxygens (including phenoxy) is 2. The van der Waals surface area contributed by atoms with Crippen LogP contribution in [0.1, 0.15) is 53.9 Å². The fraction of sp³-hybridized carbons (Fsp3) is 0.565. The Morgan fingerprint density at radius 2 is 1.90 bits per heavy atom. The third-order valence-corrected chi connectivity index (χ3v) is 7.55. The molecular formula is C23H30BNO5S. The van der Waals surface area contributed by atoms with Crippen molar-refractivity contribution < 1.29 is 23.6 Å². The van der Waals surface area contributed by atoms with E-state index in [0.29, 0.717) is 31.7 Å². The fourth-order valence-electron chi connectivity index (χ4n) is 3.96. The molecule has 0 N–H and O–H groups in total. The molecule has 8 heteroatoms. The van der Waals surface area contributed by atoms with Crippen LogP contribution in [0, 0.1) is 5.41 Å². The number of hydrogen-bond donors (Lipinski definition) is 0. The molecule has 1 atom stereocenters. The normalized spacial score (nSPS) is 24.8. The smallest absolute Gasteiger partial charge is 0.475 e. The molecule has 2 aliphatic rings. The van der Waals surface area contributed by atoms with E-state index in [1.807, 2.05) is 58.9 Å². The zero-order valence-electron chi connectivity index (χ0n) is 18.9. The molecule has 1 aromatic heterocycles. The van der Waals surface area contributed by atoms with E-state index in [1.165, 1.54) is 11.5 Å². The summed E-state index contributed by atoms with van der Waals surface area (Å²) in [5.74, 6) is 0.351. The van der Waals surface area contributed by atoms with Gasteiger partial charge >= 0.3 is 13.1 Å². The Morgan fingerprint density at radius 3 is 2.55 bits per heavy atom. The van der Waals surface area contributed by atoms with Crippen LogP contribution < -0.4 is 4.74 Å². The van der Waals surface area contributed by atoms with Crippen molar-refractivity contribution in [3.05, 3.63) is 35.8 Å². The predicted octanol–water partition coefficient (Wildman–Crippen LogP) is 4.97. The van der Waals surface area contributed by atoms with Crippen molar-refractivity contribution in [2.75, 3.05) is 13.2 Å². The molecule has 6 nitrogen and oxygen atoms in total. The molecule has 0 radical (unpaired) electrons. The lowest BCUT2D eigenvalue weighted by atomic mass is 9.66. The molecule has 1 aliphatic carbocycles. The van der Waals surface area contributed by atoms with Crippen LogP contribution in [0.5, 0.6) is 5.88 Å². The molecule has 0 saturated carbocycles. The molecule has 0 spiro atoms. The van der Waals surface area contributed by atoms with Crippen molar-refractivity contribution in [1.29, 1.82) is 0 Å². The van der Waals surface area contributed by atoms with Crippen molar-refractivity contribution in [2.24, 2.45) is 5.41 Å². The summed E-state index contributed by atoms with van der Waals surface area (Å²) in [4.78, 5) is 13.0. The van der Waals surface area contributed by atoms with E-state index in [1.54, 1.807) is 0 Å². The third-order valence-electron chi connectivity index (χ3n) is 6.74. The number of nitrogens with zero attached hydrogens (tertiary/aromatic N) is 1. The first kappa shape index (κ1) is 22.3. The first-order valence-electron chi connectivity index (χ1n) is 10.9. The SMILES string of the molecule is CCOC(=O)C1(COc2nsc3ccccc23)CC=C(B2OC(C)(C)C(C)(C)O2)CC1. The number of carbonyl (C=O) groups is 1. The lowest BCUT2D eigenvalue weighted by Crippen LogP contribution is -2.41. The second-order valence-electron chi connectivity index (χ2n) is 9.34. The number of rotatable bonds is 6. The standard InChI is InChI=1S/C23H30BNO5S/c1-6-27-20(26)23(15-28-19-17-9-7-8-10-18(17)31-25-19)13-11-16(12-14-23)24-29-21(2,3)22(4,5)30-24/h7-11H,6,12-15H2,1-5H3. The van der Waals surface area contributed by atoms with Gasteiger partial charge in [0.2, 0.25) is 5.88 Å². The first-order chi connectivity index (χ1) is 14.7. The lowest BCUT2D eigenvalue weighted by Gasteiger charge is -2.34. The first-order valence-corrected chi connectivity index (χ1v) is 11.6. The Hall–Kier alpha value is -1.90. The van der Waals surface area contributed by atoms with Gasteiger partial charge in [-0.1, -0.05) is 18.2 Å². The maximum Gasteiger partial charge on any atom is 0.490 e. The Labute approximate surface area is 188 Å². The Kier molecular flexibility index (Phi) is 5.92. The topological polar surface area (TPSA) is 66.9 Å². The minimum absolute atomic E-state index is 0.223. The summed E-state index contributed by atoms with van der Waals surface area (Å²) >= 11 is 1.40. The van der Waals surface area contributed by atoms with Gasteiger partial charge in [-0.25, -0.2) is 0 Å². The van der Waals surface area contributed by atoms with E-state index in [4.69, 9.17) is 18.8 Å². The monoisotopic (exact) mass is 443 g/mol. The van der Waals surface area contributed by atoms with E-state index in [-0.39, 0.29) is 30.9 Å². The van der Waals surface area contributed by atoms with Gasteiger partial charge in [0, 0.05) is 0 Å². The number of allylic oxidation sites excluding steroid dienone is 2. The number of fused-ring (bicyclic) bond motifs is 1. The maximum atomic E-state index is 13.0. The molecule has 1 fully saturated rings. The van der Waals surface area contributed by atoms with Crippen molar-refractivity contribution in [1.82, 2.24) is 4.37 Å². The zero-order chi connectivity index (χ0) is 22.3. The Balaban J connectivity index is 1.52. The molecule has 31 heavy (non-hydrogen) atoms. The number of hydrogen-bond acceptors (Lipinski definition) is 7. The fourth-order valence-corrected chi connectivity index (χ4v) is 4.68. The van der Waals surface area contributed by atoms with Gasteiger partial charge in [-0.05, 0) is 83.0 Å². The molecule has 2 heterocycles. The van der Waals surface area contributed by atoms with Crippen LogP contribution in [0.2, 0.25) is 0 Å². The number of benzene rings is 1. The van der Waals surface area contributed by atoms with E-state index >= 15 is 0 Å². The van der Waals surface area contributed by atoms with E-state index in [0.717, 1.165) is 15.6 Å². The minimum Gasteiger partial charge on any atom is -0.475 e. The summed E-state index contributed by atoms with van der Waals surface area (Å²) in [5, 5.41) is 0.968. The van der Waals surface area contributed by atoms with Crippen molar-refractivity contribution in [3.8, 4) is 5.88 Å². The zero-order valence-corrected chi connectivity index (χ0v) is 19.7. The van der Waals surface area contributed by atoms with Gasteiger partial charge in [0.1, 0.15) is 12.0 Å². The van der Waals surface area contributed by atoms with E-state index < -0.39 is 5.41 Å². The summed E-state index contributed by atoms with van der Waals surface area (Å²) in [6.45, 7) is 10.6. The quantitative estimate of drug-likeness (QED) is 0.464. The Morgan fingerprint density at radius 1 is 1.19 bits per heavy atom. The summed E-state index contributed by atoms with van der Waals surface area (Å²) in [6.07, 6.45) is 3.90. The number of aromatic nitrogens is 1. The largest absolute Gasteiger partial charge is 0.490 e. The highest BCUT2D eigenvalue weighted by molar-refractivity contribution is 7.13. The summed E-state index contributed by atoms with van der Waals surface area (Å²) < 4.78 is 29.4. The van der Waals surface area contributed by atoms with Crippen molar-refractivity contribution in [3.63, 3.8) is 0 Å². The van der Waals surface area contributed by atoms with Gasteiger partial charge in [-0.15, -0.1) is 0 Å². The van der Waals surface area contributed by atoms with Crippen molar-refractivity contribution in [2.45, 2.75) is 65.1 Å². The third kappa shape index (κ3) is 4.13. The van der Waals surface area contributed by atoms with E-state index in [2.05, 4.69) is 10.4 Å². The molecule has 0 bridgehead atoms. The average Bonchev–Trinajstić information content (AvgIpc) is 3.24. The number of esters is 1. The number of carbonyl (C=O) groups excluding carboxylic acids is 1. The van der Waals surface area contributed by atoms with Gasteiger partial charge in [0.25, 0.3) is 0 Å². The van der Waals surface area contributed by atoms with Crippen molar-refractivity contribution >= 4 is 34.7 Å². The Bertz CT molecular complexity index is 985. The summed E-state index contributed by atoms with van der Waals surface area (Å²) in [6, 6.07) is 7.95. The second kappa shape index (κ2) is 8.22. The van der Waals surface area contributed by atoms with Gasteiger partial charge in [0.15, 0.2) is 0 Å². The van der Waals surface area contributed by atoms with Gasteiger partial charge < -0.3 is 18.8 Å². The molecule has 1 unspecified atom stereocenters. The van der Waals surface area contributed by atoms with Crippen LogP contribution in [0.3, 0.4) is 0 Å². The highest BCUT2D eigenvalue weighted by Crippen LogP contribution is 2.44. The summed E-state index contributed by atoms with van der Waals surface area (Å²) in [5.41, 5.74) is -0.433. The second-order valence-corrected chi connectivity index (χ2v) is 10.1. The molecule has 2 aromatic rings. The molecular weight excluding hydrogens is 413 g/mol. The highest BCUT2D eigenvalue weighted by atomic mass is 32.1. The van der Waals surface area contributed by atoms with E-state index in [9.17, 15) is 4.79 Å². The molecule has 1 saturated heterocycles. The highest BCUT2D eigenvalue weighted by Gasteiger charge is 2.53. The molecule has 1 aromatic carbocycles. The molecule has 0 amide bonds. The van der Waals surface area contributed by atoms with Crippen LogP contribution in [0.15, 0.2) is 35.8 Å². The van der Waals surface area contributed by atoms with Crippen LogP contribution >= 0.6 is 11.5 Å². The van der Waals surface area contributed by atoms with Crippen LogP contribution in [0.25, 0.3) is 10.1 Å². The van der Waals surface area contributed by atoms with Gasteiger partial charge in [-0.2, -0.15) is 4.37 Å². The maximum absolute atomic E-state index is 13.0.